The minimum Gasteiger partial charge on any atom is -0.352 e. The van der Waals surface area contributed by atoms with Gasteiger partial charge in [0, 0.05) is 12.6 Å². The molecule has 0 aromatic heterocycles. The molecule has 2 heterocycles. The van der Waals surface area contributed by atoms with Crippen LogP contribution in [0.1, 0.15) is 13.3 Å². The van der Waals surface area contributed by atoms with Crippen molar-refractivity contribution in [3.05, 3.63) is 12.3 Å². The van der Waals surface area contributed by atoms with Crippen molar-refractivity contribution in [1.82, 2.24) is 10.2 Å². The van der Waals surface area contributed by atoms with E-state index < -0.39 is 24.6 Å². The van der Waals surface area contributed by atoms with Crippen LogP contribution in [0.2, 0.25) is 0 Å². The van der Waals surface area contributed by atoms with Gasteiger partial charge in [-0.25, -0.2) is 9.18 Å². The van der Waals surface area contributed by atoms with Gasteiger partial charge < -0.3 is 15.8 Å². The Bertz CT molecular complexity index is 297. The molecule has 0 bridgehead atoms. The number of carbonyl (C=O) groups is 1. The van der Waals surface area contributed by atoms with Crippen molar-refractivity contribution in [2.75, 3.05) is 0 Å². The average Bonchev–Trinajstić information content (AvgIpc) is 2.45. The van der Waals surface area contributed by atoms with E-state index in [4.69, 9.17) is 10.5 Å². The summed E-state index contributed by atoms with van der Waals surface area (Å²) in [5.41, 5.74) is 5.47. The third kappa shape index (κ3) is 1.95. The maximum atomic E-state index is 13.5. The van der Waals surface area contributed by atoms with Gasteiger partial charge >= 0.3 is 6.03 Å². The van der Waals surface area contributed by atoms with Crippen LogP contribution < -0.4 is 11.1 Å². The fourth-order valence-corrected chi connectivity index (χ4v) is 1.77. The number of nitrogens with two attached hydrogens (primary N) is 1. The van der Waals surface area contributed by atoms with Crippen molar-refractivity contribution in [2.24, 2.45) is 5.73 Å². The molecule has 0 aromatic carbocycles. The lowest BCUT2D eigenvalue weighted by Gasteiger charge is -2.30. The first kappa shape index (κ1) is 10.4. The minimum absolute atomic E-state index is 0.165. The van der Waals surface area contributed by atoms with E-state index >= 15 is 0 Å². The van der Waals surface area contributed by atoms with Crippen molar-refractivity contribution in [1.29, 1.82) is 0 Å². The molecule has 0 radical (unpaired) electrons. The summed E-state index contributed by atoms with van der Waals surface area (Å²) in [4.78, 5) is 12.7. The fraction of sp³-hybridized carbons (Fsp3) is 0.667. The molecule has 6 heteroatoms. The third-order valence-electron chi connectivity index (χ3n) is 2.49. The number of halogens is 1. The molecule has 2 rings (SSSR count). The normalized spacial score (nSPS) is 40.7. The molecule has 1 saturated heterocycles. The van der Waals surface area contributed by atoms with E-state index in [1.807, 2.05) is 0 Å². The van der Waals surface area contributed by atoms with Crippen molar-refractivity contribution in [2.45, 2.75) is 38.0 Å². The molecule has 0 aliphatic carbocycles. The topological polar surface area (TPSA) is 67.6 Å². The number of hydrogen-bond donors (Lipinski definition) is 2. The Morgan fingerprint density at radius 3 is 3.00 bits per heavy atom. The molecule has 5 nitrogen and oxygen atoms in total. The maximum Gasteiger partial charge on any atom is 0.325 e. The van der Waals surface area contributed by atoms with Crippen LogP contribution in [-0.2, 0) is 4.74 Å². The Hall–Kier alpha value is -1.14. The first-order valence-corrected chi connectivity index (χ1v) is 4.90. The summed E-state index contributed by atoms with van der Waals surface area (Å²) < 4.78 is 18.8. The number of urea groups is 1. The number of hydrogen-bond acceptors (Lipinski definition) is 3. The molecule has 4 atom stereocenters. The van der Waals surface area contributed by atoms with Crippen LogP contribution in [0, 0.1) is 0 Å². The highest BCUT2D eigenvalue weighted by Crippen LogP contribution is 2.26. The van der Waals surface area contributed by atoms with E-state index in [1.165, 1.54) is 11.1 Å². The summed E-state index contributed by atoms with van der Waals surface area (Å²) in [7, 11) is 0. The van der Waals surface area contributed by atoms with Crippen LogP contribution in [0.15, 0.2) is 12.3 Å². The van der Waals surface area contributed by atoms with E-state index in [2.05, 4.69) is 5.32 Å². The largest absolute Gasteiger partial charge is 0.352 e. The lowest BCUT2D eigenvalue weighted by atomic mass is 10.2. The maximum absolute atomic E-state index is 13.5. The van der Waals surface area contributed by atoms with Gasteiger partial charge in [-0.05, 0) is 13.0 Å². The minimum atomic E-state index is -1.15. The van der Waals surface area contributed by atoms with Crippen LogP contribution in [-0.4, -0.2) is 35.6 Å². The molecular weight excluding hydrogens is 201 g/mol. The van der Waals surface area contributed by atoms with Gasteiger partial charge in [-0.2, -0.15) is 0 Å². The predicted octanol–water partition coefficient (Wildman–Crippen LogP) is 0.283. The van der Waals surface area contributed by atoms with Crippen molar-refractivity contribution in [3.63, 3.8) is 0 Å². The zero-order valence-electron chi connectivity index (χ0n) is 8.39. The molecule has 2 amide bonds. The molecule has 2 aliphatic heterocycles. The fourth-order valence-electron chi connectivity index (χ4n) is 1.77. The Morgan fingerprint density at radius 1 is 1.73 bits per heavy atom. The Kier molecular flexibility index (Phi) is 2.62. The molecule has 0 spiro atoms. The lowest BCUT2D eigenvalue weighted by molar-refractivity contribution is -0.0320. The van der Waals surface area contributed by atoms with Gasteiger partial charge in [0.05, 0.1) is 12.3 Å². The van der Waals surface area contributed by atoms with Crippen molar-refractivity contribution in [3.8, 4) is 0 Å². The first-order valence-electron chi connectivity index (χ1n) is 4.90. The van der Waals surface area contributed by atoms with Gasteiger partial charge in [-0.3, -0.25) is 4.90 Å². The Balaban J connectivity index is 2.10. The van der Waals surface area contributed by atoms with Gasteiger partial charge in [0.25, 0.3) is 0 Å². The number of nitrogens with one attached hydrogen (secondary N) is 1. The van der Waals surface area contributed by atoms with Crippen LogP contribution in [0.3, 0.4) is 0 Å². The molecular formula is C9H14FN3O2. The quantitative estimate of drug-likeness (QED) is 0.660. The molecule has 2 aliphatic rings. The summed E-state index contributed by atoms with van der Waals surface area (Å²) in [6, 6.07) is -0.424. The van der Waals surface area contributed by atoms with Crippen LogP contribution in [0.4, 0.5) is 9.18 Å². The second kappa shape index (κ2) is 3.79. The van der Waals surface area contributed by atoms with Gasteiger partial charge in [0.1, 0.15) is 6.17 Å². The lowest BCUT2D eigenvalue weighted by Crippen LogP contribution is -2.54. The molecule has 4 unspecified atom stereocenters. The summed E-state index contributed by atoms with van der Waals surface area (Å²) in [6.45, 7) is 1.78. The standard InChI is InChI=1S/C9H14FN3O2/c1-5-4-6(10)8(15-5)13-3-2-7(11)12-9(13)14/h2-3,5-8H,4,11H2,1H3,(H,12,14). The third-order valence-corrected chi connectivity index (χ3v) is 2.49. The highest BCUT2D eigenvalue weighted by Gasteiger charge is 2.39. The molecule has 0 aromatic rings. The number of carbonyl (C=O) groups excluding carboxylic acids is 1. The van der Waals surface area contributed by atoms with Gasteiger partial charge in [0.15, 0.2) is 6.23 Å². The highest BCUT2D eigenvalue weighted by molar-refractivity contribution is 5.77. The summed E-state index contributed by atoms with van der Waals surface area (Å²) in [5.74, 6) is 0. The second-order valence-corrected chi connectivity index (χ2v) is 3.81. The number of rotatable bonds is 1. The molecule has 84 valence electrons. The van der Waals surface area contributed by atoms with Gasteiger partial charge in [-0.15, -0.1) is 0 Å². The predicted molar refractivity (Wildman–Crippen MR) is 51.3 cm³/mol. The summed E-state index contributed by atoms with van der Waals surface area (Å²) in [6.07, 6.45) is 0.717. The van der Waals surface area contributed by atoms with E-state index in [1.54, 1.807) is 13.0 Å². The van der Waals surface area contributed by atoms with Crippen LogP contribution in [0.5, 0.6) is 0 Å². The van der Waals surface area contributed by atoms with E-state index in [0.29, 0.717) is 6.42 Å². The second-order valence-electron chi connectivity index (χ2n) is 3.81. The van der Waals surface area contributed by atoms with Gasteiger partial charge in [0.2, 0.25) is 0 Å². The highest BCUT2D eigenvalue weighted by atomic mass is 19.1. The van der Waals surface area contributed by atoms with Gasteiger partial charge in [-0.1, -0.05) is 0 Å². The van der Waals surface area contributed by atoms with Crippen molar-refractivity contribution >= 4 is 6.03 Å². The molecule has 1 fully saturated rings. The SMILES string of the molecule is CC1CC(F)C(N2C=CC(N)NC2=O)O1. The zero-order chi connectivity index (χ0) is 11.0. The number of ether oxygens (including phenoxy) is 1. The van der Waals surface area contributed by atoms with Crippen LogP contribution >= 0.6 is 0 Å². The Labute approximate surface area is 87.0 Å². The first-order chi connectivity index (χ1) is 7.08. The van der Waals surface area contributed by atoms with E-state index in [-0.39, 0.29) is 6.10 Å². The number of alkyl halides is 1. The smallest absolute Gasteiger partial charge is 0.325 e. The molecule has 3 N–H and O–H groups in total. The average molecular weight is 215 g/mol. The zero-order valence-corrected chi connectivity index (χ0v) is 8.39. The number of nitrogens with zero attached hydrogens (tertiary/aromatic N) is 1. The van der Waals surface area contributed by atoms with E-state index in [9.17, 15) is 9.18 Å². The number of amides is 2. The van der Waals surface area contributed by atoms with Crippen molar-refractivity contribution < 1.29 is 13.9 Å². The molecule has 15 heavy (non-hydrogen) atoms. The molecule has 0 saturated carbocycles. The van der Waals surface area contributed by atoms with Crippen LogP contribution in [0.25, 0.3) is 0 Å². The summed E-state index contributed by atoms with van der Waals surface area (Å²) >= 11 is 0. The van der Waals surface area contributed by atoms with E-state index in [0.717, 1.165) is 0 Å². The summed E-state index contributed by atoms with van der Waals surface area (Å²) in [5, 5.41) is 2.47. The Morgan fingerprint density at radius 2 is 2.47 bits per heavy atom. The monoisotopic (exact) mass is 215 g/mol.